The molecule has 19 heavy (non-hydrogen) atoms. The van der Waals surface area contributed by atoms with Crippen LogP contribution < -0.4 is 5.43 Å². The maximum atomic E-state index is 13.6. The normalized spacial score (nSPS) is 26.4. The van der Waals surface area contributed by atoms with E-state index >= 15 is 0 Å². The van der Waals surface area contributed by atoms with Crippen LogP contribution in [-0.2, 0) is 0 Å². The summed E-state index contributed by atoms with van der Waals surface area (Å²) < 4.78 is 13.6. The number of hydrogen-bond donors (Lipinski definition) is 1. The van der Waals surface area contributed by atoms with Crippen LogP contribution in [0.4, 0.5) is 4.39 Å². The highest BCUT2D eigenvalue weighted by molar-refractivity contribution is 5.25. The highest BCUT2D eigenvalue weighted by Crippen LogP contribution is 2.23. The van der Waals surface area contributed by atoms with Crippen LogP contribution in [-0.4, -0.2) is 17.1 Å². The van der Waals surface area contributed by atoms with E-state index in [1.54, 1.807) is 13.0 Å². The molecule has 1 fully saturated rings. The number of rotatable bonds is 3. The lowest BCUT2D eigenvalue weighted by atomic mass is 9.99. The maximum Gasteiger partial charge on any atom is 0.126 e. The van der Waals surface area contributed by atoms with Crippen molar-refractivity contribution >= 4 is 0 Å². The zero-order valence-corrected chi connectivity index (χ0v) is 12.4. The number of aryl methyl sites for hydroxylation is 1. The standard InChI is InChI=1S/C16H25FN2/c1-11-8-9-15(10-16(11)17)14(4)18-19-12(2)6-5-7-13(19)3/h8-10,12-14,18H,5-7H2,1-4H3. The third-order valence-electron chi connectivity index (χ3n) is 4.23. The predicted molar refractivity (Wildman–Crippen MR) is 77.3 cm³/mol. The van der Waals surface area contributed by atoms with Gasteiger partial charge in [-0.2, -0.15) is 0 Å². The van der Waals surface area contributed by atoms with Gasteiger partial charge in [0.15, 0.2) is 0 Å². The molecule has 1 aliphatic heterocycles. The van der Waals surface area contributed by atoms with E-state index in [2.05, 4.69) is 31.2 Å². The lowest BCUT2D eigenvalue weighted by Gasteiger charge is -2.41. The second-order valence-corrected chi connectivity index (χ2v) is 5.90. The summed E-state index contributed by atoms with van der Waals surface area (Å²) in [5, 5.41) is 2.34. The van der Waals surface area contributed by atoms with Crippen LogP contribution in [0.25, 0.3) is 0 Å². The van der Waals surface area contributed by atoms with Crippen molar-refractivity contribution in [1.29, 1.82) is 0 Å². The molecule has 0 saturated carbocycles. The summed E-state index contributed by atoms with van der Waals surface area (Å²) in [4.78, 5) is 0. The fourth-order valence-corrected chi connectivity index (χ4v) is 2.85. The van der Waals surface area contributed by atoms with E-state index in [1.807, 2.05) is 12.1 Å². The Morgan fingerprint density at radius 3 is 2.47 bits per heavy atom. The lowest BCUT2D eigenvalue weighted by Crippen LogP contribution is -2.52. The third kappa shape index (κ3) is 3.34. The molecule has 0 bridgehead atoms. The van der Waals surface area contributed by atoms with Gasteiger partial charge in [-0.25, -0.2) is 14.8 Å². The van der Waals surface area contributed by atoms with Crippen molar-refractivity contribution in [3.63, 3.8) is 0 Å². The molecule has 1 saturated heterocycles. The smallest absolute Gasteiger partial charge is 0.126 e. The summed E-state index contributed by atoms with van der Waals surface area (Å²) in [7, 11) is 0. The Hall–Kier alpha value is -0.930. The first-order valence-corrected chi connectivity index (χ1v) is 7.29. The van der Waals surface area contributed by atoms with Gasteiger partial charge in [0.25, 0.3) is 0 Å². The van der Waals surface area contributed by atoms with E-state index in [1.165, 1.54) is 19.3 Å². The molecule has 0 radical (unpaired) electrons. The monoisotopic (exact) mass is 264 g/mol. The van der Waals surface area contributed by atoms with Crippen LogP contribution in [0.15, 0.2) is 18.2 Å². The molecule has 0 aliphatic carbocycles. The van der Waals surface area contributed by atoms with Gasteiger partial charge in [0.1, 0.15) is 5.82 Å². The Morgan fingerprint density at radius 2 is 1.89 bits per heavy atom. The minimum Gasteiger partial charge on any atom is -0.247 e. The van der Waals surface area contributed by atoms with Gasteiger partial charge in [-0.1, -0.05) is 18.6 Å². The molecule has 1 N–H and O–H groups in total. The third-order valence-corrected chi connectivity index (χ3v) is 4.23. The highest BCUT2D eigenvalue weighted by atomic mass is 19.1. The van der Waals surface area contributed by atoms with Crippen molar-refractivity contribution in [3.8, 4) is 0 Å². The summed E-state index contributed by atoms with van der Waals surface area (Å²) in [5.41, 5.74) is 5.26. The number of hydrazine groups is 1. The molecule has 0 spiro atoms. The Bertz CT molecular complexity index is 423. The number of benzene rings is 1. The molecule has 1 aromatic carbocycles. The van der Waals surface area contributed by atoms with Crippen molar-refractivity contribution in [2.45, 2.75) is 65.1 Å². The topological polar surface area (TPSA) is 15.3 Å². The fraction of sp³-hybridized carbons (Fsp3) is 0.625. The van der Waals surface area contributed by atoms with Crippen LogP contribution in [0, 0.1) is 12.7 Å². The van der Waals surface area contributed by atoms with Gasteiger partial charge < -0.3 is 0 Å². The van der Waals surface area contributed by atoms with E-state index in [0.29, 0.717) is 17.6 Å². The first-order chi connectivity index (χ1) is 8.99. The summed E-state index contributed by atoms with van der Waals surface area (Å²) in [6, 6.07) is 6.73. The van der Waals surface area contributed by atoms with E-state index < -0.39 is 0 Å². The Balaban J connectivity index is 2.07. The molecule has 1 heterocycles. The van der Waals surface area contributed by atoms with E-state index in [0.717, 1.165) is 5.56 Å². The quantitative estimate of drug-likeness (QED) is 0.889. The van der Waals surface area contributed by atoms with Gasteiger partial charge in [0, 0.05) is 18.1 Å². The fourth-order valence-electron chi connectivity index (χ4n) is 2.85. The van der Waals surface area contributed by atoms with Gasteiger partial charge in [-0.3, -0.25) is 0 Å². The second-order valence-electron chi connectivity index (χ2n) is 5.90. The molecule has 106 valence electrons. The Kier molecular flexibility index (Phi) is 4.58. The van der Waals surface area contributed by atoms with Gasteiger partial charge in [-0.05, 0) is 57.7 Å². The van der Waals surface area contributed by atoms with Crippen molar-refractivity contribution in [2.75, 3.05) is 0 Å². The SMILES string of the molecule is Cc1ccc(C(C)NN2C(C)CCCC2C)cc1F. The first-order valence-electron chi connectivity index (χ1n) is 7.29. The van der Waals surface area contributed by atoms with Gasteiger partial charge in [0.2, 0.25) is 0 Å². The number of nitrogens with one attached hydrogen (secondary N) is 1. The molecule has 3 unspecified atom stereocenters. The van der Waals surface area contributed by atoms with Gasteiger partial charge in [0.05, 0.1) is 0 Å². The van der Waals surface area contributed by atoms with Crippen molar-refractivity contribution < 1.29 is 4.39 Å². The summed E-state index contributed by atoms with van der Waals surface area (Å²) >= 11 is 0. The zero-order valence-electron chi connectivity index (χ0n) is 12.4. The predicted octanol–water partition coefficient (Wildman–Crippen LogP) is 3.96. The molecule has 1 aliphatic rings. The summed E-state index contributed by atoms with van der Waals surface area (Å²) in [5.74, 6) is -0.120. The highest BCUT2D eigenvalue weighted by Gasteiger charge is 2.26. The van der Waals surface area contributed by atoms with Crippen LogP contribution in [0.3, 0.4) is 0 Å². The van der Waals surface area contributed by atoms with Crippen LogP contribution >= 0.6 is 0 Å². The molecule has 3 heteroatoms. The Labute approximate surface area is 116 Å². The number of piperidine rings is 1. The molecule has 2 rings (SSSR count). The average Bonchev–Trinajstić information content (AvgIpc) is 2.37. The maximum absolute atomic E-state index is 13.6. The second kappa shape index (κ2) is 6.02. The van der Waals surface area contributed by atoms with Crippen molar-refractivity contribution in [1.82, 2.24) is 10.4 Å². The average molecular weight is 264 g/mol. The number of halogens is 1. The van der Waals surface area contributed by atoms with E-state index in [-0.39, 0.29) is 11.9 Å². The van der Waals surface area contributed by atoms with Crippen LogP contribution in [0.1, 0.15) is 57.2 Å². The first kappa shape index (κ1) is 14.5. The molecule has 0 amide bonds. The lowest BCUT2D eigenvalue weighted by molar-refractivity contribution is 0.0320. The minimum absolute atomic E-state index is 0.120. The summed E-state index contributed by atoms with van der Waals surface area (Å²) in [6.07, 6.45) is 3.76. The van der Waals surface area contributed by atoms with Crippen molar-refractivity contribution in [3.05, 3.63) is 35.1 Å². The molecule has 3 atom stereocenters. The van der Waals surface area contributed by atoms with Crippen LogP contribution in [0.5, 0.6) is 0 Å². The molecular weight excluding hydrogens is 239 g/mol. The van der Waals surface area contributed by atoms with Gasteiger partial charge in [-0.15, -0.1) is 0 Å². The Morgan fingerprint density at radius 1 is 1.26 bits per heavy atom. The molecule has 0 aromatic heterocycles. The molecule has 2 nitrogen and oxygen atoms in total. The van der Waals surface area contributed by atoms with E-state index in [9.17, 15) is 4.39 Å². The van der Waals surface area contributed by atoms with Crippen LogP contribution in [0.2, 0.25) is 0 Å². The number of nitrogens with zero attached hydrogens (tertiary/aromatic N) is 1. The number of hydrogen-bond acceptors (Lipinski definition) is 2. The minimum atomic E-state index is -0.120. The van der Waals surface area contributed by atoms with Gasteiger partial charge >= 0.3 is 0 Å². The van der Waals surface area contributed by atoms with E-state index in [4.69, 9.17) is 0 Å². The largest absolute Gasteiger partial charge is 0.247 e. The zero-order chi connectivity index (χ0) is 14.0. The molecular formula is C16H25FN2. The van der Waals surface area contributed by atoms with Crippen molar-refractivity contribution in [2.24, 2.45) is 0 Å². The molecule has 1 aromatic rings. The summed E-state index contributed by atoms with van der Waals surface area (Å²) in [6.45, 7) is 8.40.